The summed E-state index contributed by atoms with van der Waals surface area (Å²) in [5, 5.41) is 0. The van der Waals surface area contributed by atoms with Gasteiger partial charge in [-0.1, -0.05) is 6.07 Å². The molecule has 0 bridgehead atoms. The number of rotatable bonds is 3. The first-order valence-electron chi connectivity index (χ1n) is 6.73. The van der Waals surface area contributed by atoms with Crippen molar-refractivity contribution in [1.82, 2.24) is 4.59 Å². The molecule has 1 aliphatic rings. The van der Waals surface area contributed by atoms with Gasteiger partial charge in [0, 0.05) is 26.3 Å². The predicted molar refractivity (Wildman–Crippen MR) is 80.9 cm³/mol. The zero-order valence-corrected chi connectivity index (χ0v) is 12.1. The topological polar surface area (TPSA) is 64.5 Å². The van der Waals surface area contributed by atoms with E-state index in [0.717, 1.165) is 43.0 Å². The van der Waals surface area contributed by atoms with E-state index < -0.39 is 0 Å². The summed E-state index contributed by atoms with van der Waals surface area (Å²) in [7, 11) is 5.63. The van der Waals surface area contributed by atoms with E-state index in [1.54, 1.807) is 7.11 Å². The van der Waals surface area contributed by atoms with Crippen LogP contribution < -0.4 is 21.1 Å². The van der Waals surface area contributed by atoms with E-state index in [-0.39, 0.29) is 4.59 Å². The van der Waals surface area contributed by atoms with Gasteiger partial charge in [-0.3, -0.25) is 0 Å². The molecule has 0 spiro atoms. The Labute approximate surface area is 115 Å². The fourth-order valence-corrected chi connectivity index (χ4v) is 2.65. The molecule has 1 heterocycles. The highest BCUT2D eigenvalue weighted by atomic mass is 16.5. The molecule has 0 aromatic heterocycles. The maximum atomic E-state index is 6.30. The SMILES string of the molecule is COC1CCN(c2cccc([N+](C)(C)N)c2N)CC1. The lowest BCUT2D eigenvalue weighted by Gasteiger charge is -2.34. The Kier molecular flexibility index (Phi) is 3.99. The van der Waals surface area contributed by atoms with Crippen molar-refractivity contribution in [1.29, 1.82) is 0 Å². The normalized spacial score (nSPS) is 17.8. The number of anilines is 2. The van der Waals surface area contributed by atoms with E-state index in [1.807, 2.05) is 26.2 Å². The van der Waals surface area contributed by atoms with Gasteiger partial charge in [-0.05, 0) is 18.9 Å². The number of hydrogen-bond acceptors (Lipinski definition) is 4. The maximum absolute atomic E-state index is 6.30. The minimum Gasteiger partial charge on any atom is -0.392 e. The Morgan fingerprint density at radius 2 is 1.89 bits per heavy atom. The number of quaternary nitrogens is 1. The summed E-state index contributed by atoms with van der Waals surface area (Å²) in [6.45, 7) is 1.95. The number of nitrogen functional groups attached to an aromatic ring is 1. The molecule has 0 atom stereocenters. The Balaban J connectivity index is 2.22. The summed E-state index contributed by atoms with van der Waals surface area (Å²) in [5.74, 6) is 6.12. The second kappa shape index (κ2) is 5.36. The molecule has 1 saturated heterocycles. The number of benzene rings is 1. The van der Waals surface area contributed by atoms with Crippen molar-refractivity contribution in [3.63, 3.8) is 0 Å². The molecule has 1 fully saturated rings. The van der Waals surface area contributed by atoms with Crippen molar-refractivity contribution >= 4 is 17.1 Å². The molecule has 4 N–H and O–H groups in total. The van der Waals surface area contributed by atoms with Gasteiger partial charge in [0.25, 0.3) is 0 Å². The first kappa shape index (κ1) is 14.1. The van der Waals surface area contributed by atoms with Gasteiger partial charge in [-0.15, -0.1) is 0 Å². The second-order valence-electron chi connectivity index (χ2n) is 5.67. The van der Waals surface area contributed by atoms with E-state index >= 15 is 0 Å². The molecule has 0 saturated carbocycles. The number of nitrogens with two attached hydrogens (primary N) is 2. The highest BCUT2D eigenvalue weighted by Gasteiger charge is 2.24. The average molecular weight is 265 g/mol. The van der Waals surface area contributed by atoms with E-state index in [2.05, 4.69) is 11.0 Å². The summed E-state index contributed by atoms with van der Waals surface area (Å²) in [6, 6.07) is 6.08. The Hall–Kier alpha value is -1.30. The van der Waals surface area contributed by atoms with Gasteiger partial charge in [0.1, 0.15) is 5.69 Å². The van der Waals surface area contributed by atoms with Crippen LogP contribution >= 0.6 is 0 Å². The van der Waals surface area contributed by atoms with Gasteiger partial charge in [-0.2, -0.15) is 5.84 Å². The van der Waals surface area contributed by atoms with Crippen molar-refractivity contribution < 1.29 is 4.74 Å². The molecule has 1 aromatic rings. The quantitative estimate of drug-likeness (QED) is 0.374. The summed E-state index contributed by atoms with van der Waals surface area (Å²) < 4.78 is 5.65. The number of hydrogen-bond donors (Lipinski definition) is 2. The molecule has 0 unspecified atom stereocenters. The van der Waals surface area contributed by atoms with Crippen LogP contribution in [-0.2, 0) is 4.74 Å². The summed E-state index contributed by atoms with van der Waals surface area (Å²) in [5.41, 5.74) is 9.12. The van der Waals surface area contributed by atoms with Crippen LogP contribution in [-0.4, -0.2) is 40.4 Å². The average Bonchev–Trinajstić information content (AvgIpc) is 2.38. The second-order valence-corrected chi connectivity index (χ2v) is 5.67. The molecular formula is C14H25N4O+. The first-order chi connectivity index (χ1) is 8.93. The Bertz CT molecular complexity index is 434. The number of para-hydroxylation sites is 1. The van der Waals surface area contributed by atoms with E-state index in [1.165, 1.54) is 0 Å². The van der Waals surface area contributed by atoms with Gasteiger partial charge in [0.15, 0.2) is 5.69 Å². The van der Waals surface area contributed by atoms with Crippen molar-refractivity contribution in [2.45, 2.75) is 18.9 Å². The standard InChI is InChI=1S/C14H25N4O/c1-18(2,16)13-6-4-5-12(14(13)15)17-9-7-11(19-3)8-10-17/h4-6,11H,7-10,15-16H2,1-3H3/q+1. The number of ether oxygens (including phenoxy) is 1. The number of methoxy groups -OCH3 is 1. The fourth-order valence-electron chi connectivity index (χ4n) is 2.65. The third-order valence-corrected chi connectivity index (χ3v) is 3.80. The molecule has 5 nitrogen and oxygen atoms in total. The number of piperidine rings is 1. The molecule has 2 rings (SSSR count). The maximum Gasteiger partial charge on any atom is 0.176 e. The molecule has 106 valence electrons. The zero-order valence-electron chi connectivity index (χ0n) is 12.1. The fraction of sp³-hybridized carbons (Fsp3) is 0.571. The van der Waals surface area contributed by atoms with Crippen LogP contribution in [0.1, 0.15) is 12.8 Å². The van der Waals surface area contributed by atoms with Crippen LogP contribution in [0.25, 0.3) is 0 Å². The molecule has 0 amide bonds. The van der Waals surface area contributed by atoms with Gasteiger partial charge < -0.3 is 15.4 Å². The van der Waals surface area contributed by atoms with Crippen LogP contribution in [0, 0.1) is 0 Å². The highest BCUT2D eigenvalue weighted by molar-refractivity contribution is 5.80. The minimum atomic E-state index is 0.244. The van der Waals surface area contributed by atoms with E-state index in [4.69, 9.17) is 16.3 Å². The summed E-state index contributed by atoms with van der Waals surface area (Å²) in [4.78, 5) is 2.32. The Morgan fingerprint density at radius 3 is 2.42 bits per heavy atom. The smallest absolute Gasteiger partial charge is 0.176 e. The highest BCUT2D eigenvalue weighted by Crippen LogP contribution is 2.34. The Morgan fingerprint density at radius 1 is 1.26 bits per heavy atom. The molecule has 1 aromatic carbocycles. The minimum absolute atomic E-state index is 0.244. The van der Waals surface area contributed by atoms with Gasteiger partial charge in [0.05, 0.1) is 25.9 Å². The van der Waals surface area contributed by atoms with E-state index in [9.17, 15) is 0 Å². The van der Waals surface area contributed by atoms with Crippen molar-refractivity contribution in [3.05, 3.63) is 18.2 Å². The molecule has 1 aliphatic heterocycles. The molecule has 19 heavy (non-hydrogen) atoms. The monoisotopic (exact) mass is 265 g/mol. The third kappa shape index (κ3) is 3.00. The lowest BCUT2D eigenvalue weighted by molar-refractivity contribution is 0.0819. The van der Waals surface area contributed by atoms with Gasteiger partial charge in [0.2, 0.25) is 0 Å². The third-order valence-electron chi connectivity index (χ3n) is 3.80. The molecule has 0 radical (unpaired) electrons. The predicted octanol–water partition coefficient (Wildman–Crippen LogP) is 1.32. The van der Waals surface area contributed by atoms with Gasteiger partial charge >= 0.3 is 0 Å². The van der Waals surface area contributed by atoms with Crippen molar-refractivity contribution in [3.8, 4) is 0 Å². The summed E-state index contributed by atoms with van der Waals surface area (Å²) >= 11 is 0. The first-order valence-corrected chi connectivity index (χ1v) is 6.73. The van der Waals surface area contributed by atoms with Crippen LogP contribution in [0.3, 0.4) is 0 Å². The van der Waals surface area contributed by atoms with Crippen molar-refractivity contribution in [2.24, 2.45) is 5.84 Å². The van der Waals surface area contributed by atoms with Crippen LogP contribution in [0.2, 0.25) is 0 Å². The largest absolute Gasteiger partial charge is 0.392 e. The molecule has 0 aliphatic carbocycles. The molecule has 5 heteroatoms. The van der Waals surface area contributed by atoms with Crippen LogP contribution in [0.15, 0.2) is 18.2 Å². The zero-order chi connectivity index (χ0) is 14.0. The van der Waals surface area contributed by atoms with Gasteiger partial charge in [-0.25, -0.2) is 4.59 Å². The van der Waals surface area contributed by atoms with Crippen LogP contribution in [0.5, 0.6) is 0 Å². The lowest BCUT2D eigenvalue weighted by atomic mass is 10.1. The summed E-state index contributed by atoms with van der Waals surface area (Å²) in [6.07, 6.45) is 2.46. The molecular weight excluding hydrogens is 240 g/mol. The van der Waals surface area contributed by atoms with Crippen LogP contribution in [0.4, 0.5) is 17.1 Å². The number of nitrogens with zero attached hydrogens (tertiary/aromatic N) is 2. The van der Waals surface area contributed by atoms with Crippen molar-refractivity contribution in [2.75, 3.05) is 44.9 Å². The lowest BCUT2D eigenvalue weighted by Crippen LogP contribution is -2.48. The van der Waals surface area contributed by atoms with E-state index in [0.29, 0.717) is 6.10 Å².